The highest BCUT2D eigenvalue weighted by Gasteiger charge is 2.35. The Hall–Kier alpha value is -0.900. The van der Waals surface area contributed by atoms with Crippen molar-refractivity contribution in [1.82, 2.24) is 0 Å². The molecule has 0 fully saturated rings. The number of aryl methyl sites for hydroxylation is 2. The van der Waals surface area contributed by atoms with E-state index in [9.17, 15) is 10.2 Å². The average molecular weight is 348 g/mol. The molecule has 4 N–H and O–H groups in total. The van der Waals surface area contributed by atoms with Gasteiger partial charge in [-0.3, -0.25) is 0 Å². The van der Waals surface area contributed by atoms with Crippen LogP contribution in [0.4, 0.5) is 0 Å². The van der Waals surface area contributed by atoms with E-state index in [4.69, 9.17) is 5.73 Å². The number of unbranched alkanes of at least 4 members (excludes halogenated alkanes) is 5. The van der Waals surface area contributed by atoms with Gasteiger partial charge in [0, 0.05) is 0 Å². The summed E-state index contributed by atoms with van der Waals surface area (Å²) in [6.07, 6.45) is 13.2. The van der Waals surface area contributed by atoms with Crippen molar-refractivity contribution in [2.75, 3.05) is 13.2 Å². The largest absolute Gasteiger partial charge is 0.394 e. The quantitative estimate of drug-likeness (QED) is 0.446. The molecule has 0 heterocycles. The van der Waals surface area contributed by atoms with Gasteiger partial charge in [0.05, 0.1) is 18.8 Å². The summed E-state index contributed by atoms with van der Waals surface area (Å²) < 4.78 is 0. The van der Waals surface area contributed by atoms with Crippen molar-refractivity contribution in [2.45, 2.75) is 83.1 Å². The van der Waals surface area contributed by atoms with Gasteiger partial charge in [-0.15, -0.1) is 0 Å². The molecule has 2 rings (SSSR count). The molecule has 1 atom stereocenters. The van der Waals surface area contributed by atoms with E-state index in [1.165, 1.54) is 61.6 Å². The van der Waals surface area contributed by atoms with Gasteiger partial charge in [-0.2, -0.15) is 0 Å². The molecule has 0 aromatic heterocycles. The van der Waals surface area contributed by atoms with Gasteiger partial charge in [-0.05, 0) is 61.1 Å². The van der Waals surface area contributed by atoms with Crippen molar-refractivity contribution < 1.29 is 10.2 Å². The van der Waals surface area contributed by atoms with E-state index in [0.29, 0.717) is 0 Å². The molecule has 0 saturated heterocycles. The van der Waals surface area contributed by atoms with Gasteiger partial charge in [0.25, 0.3) is 0 Å². The standard InChI is InChI=1S/C22H37NO2/c1-2-3-4-5-6-7-9-18-12-13-20-15-21(22(23,16-24)17-25)11-8-10-19(20)14-18/h12-14,21,24-25H,2-11,15-17,23H2,1H3/t21-/m1/s1. The zero-order valence-corrected chi connectivity index (χ0v) is 16.0. The SMILES string of the molecule is CCCCCCCCc1ccc2c(c1)CCC[C@@H](C(N)(CO)CO)C2. The van der Waals surface area contributed by atoms with E-state index in [2.05, 4.69) is 25.1 Å². The van der Waals surface area contributed by atoms with E-state index in [-0.39, 0.29) is 19.1 Å². The number of hydrogen-bond donors (Lipinski definition) is 3. The third-order valence-electron chi connectivity index (χ3n) is 5.96. The smallest absolute Gasteiger partial charge is 0.0654 e. The van der Waals surface area contributed by atoms with Gasteiger partial charge in [0.15, 0.2) is 0 Å². The van der Waals surface area contributed by atoms with Crippen LogP contribution in [-0.2, 0) is 19.3 Å². The molecule has 0 amide bonds. The van der Waals surface area contributed by atoms with Gasteiger partial charge in [0.2, 0.25) is 0 Å². The van der Waals surface area contributed by atoms with E-state index in [1.807, 2.05) is 0 Å². The van der Waals surface area contributed by atoms with Crippen molar-refractivity contribution in [3.8, 4) is 0 Å². The van der Waals surface area contributed by atoms with Gasteiger partial charge in [-0.25, -0.2) is 0 Å². The Bertz CT molecular complexity index is 511. The van der Waals surface area contributed by atoms with Gasteiger partial charge in [0.1, 0.15) is 0 Å². The zero-order valence-electron chi connectivity index (χ0n) is 16.0. The molecule has 3 heteroatoms. The summed E-state index contributed by atoms with van der Waals surface area (Å²) in [7, 11) is 0. The van der Waals surface area contributed by atoms with Crippen LogP contribution in [0.5, 0.6) is 0 Å². The van der Waals surface area contributed by atoms with Crippen molar-refractivity contribution in [1.29, 1.82) is 0 Å². The first kappa shape index (κ1) is 20.4. The molecule has 0 radical (unpaired) electrons. The van der Waals surface area contributed by atoms with Crippen LogP contribution in [0.1, 0.15) is 75.0 Å². The van der Waals surface area contributed by atoms with Crippen molar-refractivity contribution in [3.63, 3.8) is 0 Å². The maximum Gasteiger partial charge on any atom is 0.0654 e. The Balaban J connectivity index is 1.93. The molecule has 0 aliphatic heterocycles. The number of aliphatic hydroxyl groups excluding tert-OH is 2. The lowest BCUT2D eigenvalue weighted by atomic mass is 9.80. The number of fused-ring (bicyclic) bond motifs is 1. The van der Waals surface area contributed by atoms with E-state index >= 15 is 0 Å². The second-order valence-corrected chi connectivity index (χ2v) is 7.96. The highest BCUT2D eigenvalue weighted by molar-refractivity contribution is 5.34. The molecule has 3 nitrogen and oxygen atoms in total. The minimum Gasteiger partial charge on any atom is -0.394 e. The molecule has 1 aromatic carbocycles. The monoisotopic (exact) mass is 347 g/mol. The molecule has 1 aliphatic carbocycles. The fourth-order valence-electron chi connectivity index (χ4n) is 4.08. The fourth-order valence-corrected chi connectivity index (χ4v) is 4.08. The lowest BCUT2D eigenvalue weighted by Crippen LogP contribution is -2.54. The summed E-state index contributed by atoms with van der Waals surface area (Å²) in [4.78, 5) is 0. The lowest BCUT2D eigenvalue weighted by molar-refractivity contribution is 0.0713. The van der Waals surface area contributed by atoms with Crippen molar-refractivity contribution in [2.24, 2.45) is 11.7 Å². The molecule has 0 bridgehead atoms. The van der Waals surface area contributed by atoms with Crippen LogP contribution >= 0.6 is 0 Å². The molecular weight excluding hydrogens is 310 g/mol. The molecule has 1 aliphatic rings. The van der Waals surface area contributed by atoms with Crippen LogP contribution in [0.2, 0.25) is 0 Å². The van der Waals surface area contributed by atoms with Crippen molar-refractivity contribution in [3.05, 3.63) is 34.9 Å². The molecular formula is C22H37NO2. The summed E-state index contributed by atoms with van der Waals surface area (Å²) in [5, 5.41) is 19.2. The van der Waals surface area contributed by atoms with Gasteiger partial charge < -0.3 is 15.9 Å². The van der Waals surface area contributed by atoms with E-state index < -0.39 is 5.54 Å². The molecule has 25 heavy (non-hydrogen) atoms. The lowest BCUT2D eigenvalue weighted by Gasteiger charge is -2.34. The molecule has 0 spiro atoms. The van der Waals surface area contributed by atoms with Crippen LogP contribution in [-0.4, -0.2) is 29.0 Å². The van der Waals surface area contributed by atoms with Crippen LogP contribution in [0, 0.1) is 5.92 Å². The summed E-state index contributed by atoms with van der Waals surface area (Å²) in [6.45, 7) is 1.95. The molecule has 1 aromatic rings. The van der Waals surface area contributed by atoms with Crippen LogP contribution in [0.3, 0.4) is 0 Å². The Morgan fingerprint density at radius 3 is 2.48 bits per heavy atom. The van der Waals surface area contributed by atoms with Crippen LogP contribution in [0.25, 0.3) is 0 Å². The second-order valence-electron chi connectivity index (χ2n) is 7.96. The fraction of sp³-hybridized carbons (Fsp3) is 0.727. The highest BCUT2D eigenvalue weighted by atomic mass is 16.3. The third-order valence-corrected chi connectivity index (χ3v) is 5.96. The predicted octanol–water partition coefficient (Wildman–Crippen LogP) is 3.77. The van der Waals surface area contributed by atoms with E-state index in [0.717, 1.165) is 25.7 Å². The summed E-state index contributed by atoms with van der Waals surface area (Å²) in [5.74, 6) is 0.146. The minimum atomic E-state index is -0.862. The third kappa shape index (κ3) is 5.80. The van der Waals surface area contributed by atoms with Gasteiger partial charge in [-0.1, -0.05) is 57.2 Å². The zero-order chi connectivity index (χ0) is 18.1. The first-order valence-electron chi connectivity index (χ1n) is 10.2. The summed E-state index contributed by atoms with van der Waals surface area (Å²) >= 11 is 0. The number of rotatable bonds is 10. The first-order chi connectivity index (χ1) is 12.1. The maximum absolute atomic E-state index is 9.61. The second kappa shape index (κ2) is 10.3. The van der Waals surface area contributed by atoms with Gasteiger partial charge >= 0.3 is 0 Å². The summed E-state index contributed by atoms with van der Waals surface area (Å²) in [6, 6.07) is 6.92. The Kier molecular flexibility index (Phi) is 8.41. The number of hydrogen-bond acceptors (Lipinski definition) is 3. The average Bonchev–Trinajstić information content (AvgIpc) is 2.86. The topological polar surface area (TPSA) is 66.5 Å². The molecule has 142 valence electrons. The molecule has 0 saturated carbocycles. The minimum absolute atomic E-state index is 0.146. The first-order valence-corrected chi connectivity index (χ1v) is 10.2. The number of nitrogens with two attached hydrogens (primary N) is 1. The van der Waals surface area contributed by atoms with E-state index in [1.54, 1.807) is 0 Å². The Labute approximate surface area is 153 Å². The van der Waals surface area contributed by atoms with Crippen LogP contribution in [0.15, 0.2) is 18.2 Å². The molecule has 0 unspecified atom stereocenters. The highest BCUT2D eigenvalue weighted by Crippen LogP contribution is 2.31. The normalized spacial score (nSPS) is 18.0. The number of benzene rings is 1. The Morgan fingerprint density at radius 2 is 1.76 bits per heavy atom. The predicted molar refractivity (Wildman–Crippen MR) is 105 cm³/mol. The Morgan fingerprint density at radius 1 is 1.04 bits per heavy atom. The van der Waals surface area contributed by atoms with Crippen molar-refractivity contribution >= 4 is 0 Å². The summed E-state index contributed by atoms with van der Waals surface area (Å²) in [5.41, 5.74) is 9.64. The number of aliphatic hydroxyl groups is 2. The maximum atomic E-state index is 9.61. The van der Waals surface area contributed by atoms with Crippen LogP contribution < -0.4 is 5.73 Å².